The van der Waals surface area contributed by atoms with Crippen molar-refractivity contribution in [3.8, 4) is 0 Å². The summed E-state index contributed by atoms with van der Waals surface area (Å²) in [5.74, 6) is -0.0870. The fourth-order valence-corrected chi connectivity index (χ4v) is 2.33. The van der Waals surface area contributed by atoms with Gasteiger partial charge in [-0.3, -0.25) is 4.79 Å². The van der Waals surface area contributed by atoms with Crippen molar-refractivity contribution < 1.29 is 4.79 Å². The Hall–Kier alpha value is -0.870. The smallest absolute Gasteiger partial charge is 0.237 e. The highest BCUT2D eigenvalue weighted by Crippen LogP contribution is 2.23. The highest BCUT2D eigenvalue weighted by Gasteiger charge is 2.28. The summed E-state index contributed by atoms with van der Waals surface area (Å²) >= 11 is 1.70. The molecule has 0 aliphatic rings. The van der Waals surface area contributed by atoms with E-state index >= 15 is 0 Å². The summed E-state index contributed by atoms with van der Waals surface area (Å²) < 4.78 is 0. The fourth-order valence-electron chi connectivity index (χ4n) is 1.45. The standard InChI is InChI=1S/C13H22N2OS/c1-8-6-7-10(17-8)9(2)15-12(16)11(14)13(3,4)5/h6-7,9,11H,14H2,1-5H3,(H,15,16). The van der Waals surface area contributed by atoms with Crippen LogP contribution in [0.4, 0.5) is 0 Å². The molecule has 3 N–H and O–H groups in total. The minimum Gasteiger partial charge on any atom is -0.347 e. The van der Waals surface area contributed by atoms with Gasteiger partial charge < -0.3 is 11.1 Å². The summed E-state index contributed by atoms with van der Waals surface area (Å²) in [6.45, 7) is 9.95. The van der Waals surface area contributed by atoms with Crippen LogP contribution in [0.5, 0.6) is 0 Å². The summed E-state index contributed by atoms with van der Waals surface area (Å²) in [4.78, 5) is 14.4. The van der Waals surface area contributed by atoms with Crippen LogP contribution in [-0.4, -0.2) is 11.9 Å². The van der Waals surface area contributed by atoms with Crippen molar-refractivity contribution in [2.24, 2.45) is 11.1 Å². The summed E-state index contributed by atoms with van der Waals surface area (Å²) in [7, 11) is 0. The van der Waals surface area contributed by atoms with E-state index in [4.69, 9.17) is 5.73 Å². The molecule has 2 unspecified atom stereocenters. The molecule has 0 aliphatic heterocycles. The van der Waals surface area contributed by atoms with Crippen molar-refractivity contribution in [2.45, 2.75) is 46.7 Å². The molecule has 96 valence electrons. The average molecular weight is 254 g/mol. The van der Waals surface area contributed by atoms with Gasteiger partial charge >= 0.3 is 0 Å². The number of nitrogens with two attached hydrogens (primary N) is 1. The van der Waals surface area contributed by atoms with Gasteiger partial charge in [0.1, 0.15) is 0 Å². The second-order valence-electron chi connectivity index (χ2n) is 5.52. The maximum Gasteiger partial charge on any atom is 0.237 e. The second kappa shape index (κ2) is 5.19. The molecule has 2 atom stereocenters. The molecule has 1 heterocycles. The molecule has 0 saturated carbocycles. The van der Waals surface area contributed by atoms with E-state index in [0.29, 0.717) is 0 Å². The van der Waals surface area contributed by atoms with Gasteiger partial charge in [0.2, 0.25) is 5.91 Å². The summed E-state index contributed by atoms with van der Waals surface area (Å²) in [5.41, 5.74) is 5.70. The molecule has 0 saturated heterocycles. The highest BCUT2D eigenvalue weighted by molar-refractivity contribution is 7.12. The lowest BCUT2D eigenvalue weighted by atomic mass is 9.87. The Labute approximate surface area is 107 Å². The topological polar surface area (TPSA) is 55.1 Å². The van der Waals surface area contributed by atoms with Crippen LogP contribution in [0.2, 0.25) is 0 Å². The third-order valence-electron chi connectivity index (χ3n) is 2.76. The molecule has 0 aromatic carbocycles. The predicted octanol–water partition coefficient (Wildman–Crippen LogP) is 2.61. The molecule has 1 rings (SSSR count). The molecule has 1 aromatic rings. The Morgan fingerprint density at radius 3 is 2.41 bits per heavy atom. The van der Waals surface area contributed by atoms with Gasteiger partial charge in [-0.05, 0) is 31.4 Å². The lowest BCUT2D eigenvalue weighted by Gasteiger charge is -2.27. The minimum absolute atomic E-state index is 0.0228. The number of thiophene rings is 1. The van der Waals surface area contributed by atoms with Gasteiger partial charge in [0.25, 0.3) is 0 Å². The molecule has 0 spiro atoms. The molecule has 0 radical (unpaired) electrons. The molecule has 0 fully saturated rings. The maximum absolute atomic E-state index is 11.9. The van der Waals surface area contributed by atoms with E-state index in [1.807, 2.05) is 33.8 Å². The van der Waals surface area contributed by atoms with E-state index in [-0.39, 0.29) is 17.4 Å². The number of hydrogen-bond donors (Lipinski definition) is 2. The van der Waals surface area contributed by atoms with Gasteiger partial charge in [0.15, 0.2) is 0 Å². The first-order chi connectivity index (χ1) is 7.71. The average Bonchev–Trinajstić information content (AvgIpc) is 2.62. The largest absolute Gasteiger partial charge is 0.347 e. The van der Waals surface area contributed by atoms with Gasteiger partial charge in [-0.25, -0.2) is 0 Å². The monoisotopic (exact) mass is 254 g/mol. The van der Waals surface area contributed by atoms with E-state index in [2.05, 4.69) is 18.3 Å². The molecule has 4 heteroatoms. The second-order valence-corrected chi connectivity index (χ2v) is 6.84. The van der Waals surface area contributed by atoms with Crippen LogP contribution in [0, 0.1) is 12.3 Å². The fraction of sp³-hybridized carbons (Fsp3) is 0.615. The van der Waals surface area contributed by atoms with E-state index in [1.165, 1.54) is 4.88 Å². The normalized spacial score (nSPS) is 15.4. The van der Waals surface area contributed by atoms with Crippen molar-refractivity contribution in [1.82, 2.24) is 5.32 Å². The zero-order chi connectivity index (χ0) is 13.2. The number of aryl methyl sites for hydroxylation is 1. The third-order valence-corrected chi connectivity index (χ3v) is 3.95. The van der Waals surface area contributed by atoms with E-state index in [9.17, 15) is 4.79 Å². The predicted molar refractivity (Wildman–Crippen MR) is 73.0 cm³/mol. The Morgan fingerprint density at radius 2 is 2.00 bits per heavy atom. The molecule has 1 amide bonds. The molecule has 1 aromatic heterocycles. The first kappa shape index (κ1) is 14.2. The van der Waals surface area contributed by atoms with Gasteiger partial charge in [-0.1, -0.05) is 20.8 Å². The number of amides is 1. The molecule has 0 aliphatic carbocycles. The van der Waals surface area contributed by atoms with E-state index in [0.717, 1.165) is 4.88 Å². The Balaban J connectivity index is 2.63. The lowest BCUT2D eigenvalue weighted by molar-refractivity contribution is -0.125. The van der Waals surface area contributed by atoms with Crippen LogP contribution in [-0.2, 0) is 4.79 Å². The summed E-state index contributed by atoms with van der Waals surface area (Å²) in [6.07, 6.45) is 0. The molecular formula is C13H22N2OS. The first-order valence-corrected chi connectivity index (χ1v) is 6.65. The van der Waals surface area contributed by atoms with Crippen LogP contribution >= 0.6 is 11.3 Å². The van der Waals surface area contributed by atoms with Gasteiger partial charge in [-0.2, -0.15) is 0 Å². The van der Waals surface area contributed by atoms with Crippen molar-refractivity contribution >= 4 is 17.2 Å². The quantitative estimate of drug-likeness (QED) is 0.871. The van der Waals surface area contributed by atoms with E-state index < -0.39 is 6.04 Å². The Morgan fingerprint density at radius 1 is 1.41 bits per heavy atom. The van der Waals surface area contributed by atoms with Crippen LogP contribution in [0.1, 0.15) is 43.5 Å². The third kappa shape index (κ3) is 3.82. The van der Waals surface area contributed by atoms with Gasteiger partial charge in [0, 0.05) is 9.75 Å². The van der Waals surface area contributed by atoms with E-state index in [1.54, 1.807) is 11.3 Å². The van der Waals surface area contributed by atoms with Crippen molar-refractivity contribution in [2.75, 3.05) is 0 Å². The minimum atomic E-state index is -0.481. The zero-order valence-corrected chi connectivity index (χ0v) is 12.0. The number of rotatable bonds is 3. The van der Waals surface area contributed by atoms with Crippen LogP contribution in [0.15, 0.2) is 12.1 Å². The van der Waals surface area contributed by atoms with Crippen LogP contribution in [0.25, 0.3) is 0 Å². The summed E-state index contributed by atoms with van der Waals surface area (Å²) in [6, 6.07) is 3.65. The first-order valence-electron chi connectivity index (χ1n) is 5.84. The number of nitrogens with one attached hydrogen (secondary N) is 1. The number of carbonyl (C=O) groups excluding carboxylic acids is 1. The van der Waals surface area contributed by atoms with Crippen molar-refractivity contribution in [1.29, 1.82) is 0 Å². The maximum atomic E-state index is 11.9. The zero-order valence-electron chi connectivity index (χ0n) is 11.2. The van der Waals surface area contributed by atoms with Crippen LogP contribution < -0.4 is 11.1 Å². The number of hydrogen-bond acceptors (Lipinski definition) is 3. The lowest BCUT2D eigenvalue weighted by Crippen LogP contribution is -2.49. The summed E-state index contributed by atoms with van der Waals surface area (Å²) in [5, 5.41) is 2.96. The van der Waals surface area contributed by atoms with Crippen molar-refractivity contribution in [3.05, 3.63) is 21.9 Å². The SMILES string of the molecule is Cc1ccc(C(C)NC(=O)C(N)C(C)(C)C)s1. The molecule has 17 heavy (non-hydrogen) atoms. The molecular weight excluding hydrogens is 232 g/mol. The highest BCUT2D eigenvalue weighted by atomic mass is 32.1. The number of carbonyl (C=O) groups is 1. The van der Waals surface area contributed by atoms with Crippen molar-refractivity contribution in [3.63, 3.8) is 0 Å². The molecule has 0 bridgehead atoms. The van der Waals surface area contributed by atoms with Gasteiger partial charge in [0.05, 0.1) is 12.1 Å². The Bertz CT molecular complexity index is 392. The Kier molecular flexibility index (Phi) is 4.33. The molecule has 3 nitrogen and oxygen atoms in total. The van der Waals surface area contributed by atoms with Crippen LogP contribution in [0.3, 0.4) is 0 Å². The van der Waals surface area contributed by atoms with Gasteiger partial charge in [-0.15, -0.1) is 11.3 Å².